The number of piperidine rings is 1. The van der Waals surface area contributed by atoms with Crippen LogP contribution < -0.4 is 5.32 Å². The number of benzene rings is 1. The van der Waals surface area contributed by atoms with Crippen LogP contribution in [0.25, 0.3) is 0 Å². The zero-order chi connectivity index (χ0) is 17.6. The van der Waals surface area contributed by atoms with E-state index in [-0.39, 0.29) is 6.03 Å². The number of urea groups is 1. The van der Waals surface area contributed by atoms with E-state index in [2.05, 4.69) is 15.3 Å². The molecule has 0 radical (unpaired) electrons. The number of amides is 2. The molecule has 0 aliphatic carbocycles. The van der Waals surface area contributed by atoms with Crippen molar-refractivity contribution < 1.29 is 9.53 Å². The molecule has 0 spiro atoms. The zero-order valence-corrected chi connectivity index (χ0v) is 14.9. The molecule has 7 heteroatoms. The molecule has 1 aromatic heterocycles. The average Bonchev–Trinajstić information content (AvgIpc) is 2.65. The number of ether oxygens (including phenoxy) is 1. The topological polar surface area (TPSA) is 67.3 Å². The maximum Gasteiger partial charge on any atom is 0.321 e. The van der Waals surface area contributed by atoms with Gasteiger partial charge in [0.25, 0.3) is 0 Å². The Labute approximate surface area is 152 Å². The number of rotatable bonds is 4. The van der Waals surface area contributed by atoms with Crippen LogP contribution in [0, 0.1) is 0 Å². The number of hydrogen-bond donors (Lipinski definition) is 1. The van der Waals surface area contributed by atoms with Gasteiger partial charge in [-0.05, 0) is 31.0 Å². The van der Waals surface area contributed by atoms with E-state index in [0.717, 1.165) is 24.1 Å². The van der Waals surface area contributed by atoms with E-state index in [1.807, 2.05) is 23.1 Å². The molecule has 132 valence electrons. The van der Waals surface area contributed by atoms with Crippen LogP contribution in [-0.4, -0.2) is 41.1 Å². The van der Waals surface area contributed by atoms with Gasteiger partial charge in [-0.3, -0.25) is 0 Å². The molecule has 1 aliphatic rings. The molecule has 0 atom stereocenters. The predicted octanol–water partition coefficient (Wildman–Crippen LogP) is 3.69. The number of nitrogens with one attached hydrogen (secondary N) is 1. The maximum atomic E-state index is 12.6. The summed E-state index contributed by atoms with van der Waals surface area (Å²) in [7, 11) is 1.60. The number of carbonyl (C=O) groups is 1. The third-order valence-electron chi connectivity index (χ3n) is 4.45. The Hall–Kier alpha value is -2.18. The summed E-state index contributed by atoms with van der Waals surface area (Å²) in [5, 5.41) is 3.54. The first-order valence-electron chi connectivity index (χ1n) is 8.27. The minimum atomic E-state index is -0.110. The zero-order valence-electron chi connectivity index (χ0n) is 14.1. The molecule has 2 amide bonds. The van der Waals surface area contributed by atoms with Gasteiger partial charge in [0.15, 0.2) is 0 Å². The monoisotopic (exact) mass is 360 g/mol. The summed E-state index contributed by atoms with van der Waals surface area (Å²) in [5.74, 6) is 0.377. The van der Waals surface area contributed by atoms with E-state index < -0.39 is 0 Å². The Morgan fingerprint density at radius 2 is 2.16 bits per heavy atom. The van der Waals surface area contributed by atoms with Crippen molar-refractivity contribution in [2.24, 2.45) is 0 Å². The minimum Gasteiger partial charge on any atom is -0.380 e. The van der Waals surface area contributed by atoms with Gasteiger partial charge in [0.05, 0.1) is 6.61 Å². The highest BCUT2D eigenvalue weighted by atomic mass is 35.5. The number of nitrogens with zero attached hydrogens (tertiary/aromatic N) is 3. The lowest BCUT2D eigenvalue weighted by Gasteiger charge is -2.32. The van der Waals surface area contributed by atoms with Crippen molar-refractivity contribution in [3.63, 3.8) is 0 Å². The Morgan fingerprint density at radius 3 is 2.84 bits per heavy atom. The van der Waals surface area contributed by atoms with Crippen molar-refractivity contribution in [1.82, 2.24) is 14.9 Å². The molecule has 6 nitrogen and oxygen atoms in total. The van der Waals surface area contributed by atoms with Gasteiger partial charge in [0, 0.05) is 54.3 Å². The van der Waals surface area contributed by atoms with Gasteiger partial charge in [-0.15, -0.1) is 0 Å². The summed E-state index contributed by atoms with van der Waals surface area (Å²) in [6, 6.07) is 7.28. The molecular formula is C18H21ClN4O2. The molecule has 25 heavy (non-hydrogen) atoms. The van der Waals surface area contributed by atoms with Gasteiger partial charge >= 0.3 is 6.03 Å². The van der Waals surface area contributed by atoms with Crippen LogP contribution in [0.2, 0.25) is 5.02 Å². The van der Waals surface area contributed by atoms with E-state index in [0.29, 0.717) is 36.3 Å². The Kier molecular flexibility index (Phi) is 5.83. The van der Waals surface area contributed by atoms with Crippen LogP contribution in [0.3, 0.4) is 0 Å². The Balaban J connectivity index is 1.61. The minimum absolute atomic E-state index is 0.110. The molecule has 0 saturated carbocycles. The molecule has 1 saturated heterocycles. The average molecular weight is 361 g/mol. The molecule has 1 aromatic carbocycles. The Bertz CT molecular complexity index is 718. The molecule has 1 aliphatic heterocycles. The first kappa shape index (κ1) is 17.6. The fourth-order valence-electron chi connectivity index (χ4n) is 3.08. The molecule has 1 N–H and O–H groups in total. The van der Waals surface area contributed by atoms with Gasteiger partial charge in [0.1, 0.15) is 6.33 Å². The number of carbonyl (C=O) groups excluding carboxylic acids is 1. The second-order valence-corrected chi connectivity index (χ2v) is 6.43. The smallest absolute Gasteiger partial charge is 0.321 e. The van der Waals surface area contributed by atoms with E-state index in [1.165, 1.54) is 0 Å². The summed E-state index contributed by atoms with van der Waals surface area (Å²) in [6.45, 7) is 1.74. The van der Waals surface area contributed by atoms with E-state index >= 15 is 0 Å². The second kappa shape index (κ2) is 8.27. The third kappa shape index (κ3) is 4.27. The van der Waals surface area contributed by atoms with Gasteiger partial charge in [-0.1, -0.05) is 17.7 Å². The second-order valence-electron chi connectivity index (χ2n) is 6.02. The lowest BCUT2D eigenvalue weighted by molar-refractivity contribution is 0.185. The van der Waals surface area contributed by atoms with Crippen LogP contribution in [0.15, 0.2) is 36.8 Å². The molecule has 0 unspecified atom stereocenters. The fraction of sp³-hybridized carbons (Fsp3) is 0.389. The van der Waals surface area contributed by atoms with Crippen molar-refractivity contribution in [2.45, 2.75) is 25.4 Å². The number of anilines is 1. The quantitative estimate of drug-likeness (QED) is 0.902. The van der Waals surface area contributed by atoms with E-state index in [9.17, 15) is 4.79 Å². The van der Waals surface area contributed by atoms with Gasteiger partial charge in [0.2, 0.25) is 0 Å². The highest BCUT2D eigenvalue weighted by Gasteiger charge is 2.25. The van der Waals surface area contributed by atoms with E-state index in [4.69, 9.17) is 16.3 Å². The summed E-state index contributed by atoms with van der Waals surface area (Å²) in [5.41, 5.74) is 2.53. The Morgan fingerprint density at radius 1 is 1.36 bits per heavy atom. The number of hydrogen-bond acceptors (Lipinski definition) is 4. The van der Waals surface area contributed by atoms with Crippen molar-refractivity contribution >= 4 is 23.3 Å². The standard InChI is InChI=1S/C18H21ClN4O2/c1-25-11-14-15(19)3-2-4-17(14)22-18(24)23-9-6-13(7-10-23)16-5-8-20-12-21-16/h2-5,8,12-13H,6-7,9-11H2,1H3,(H,22,24). The van der Waals surface area contributed by atoms with Crippen molar-refractivity contribution in [2.75, 3.05) is 25.5 Å². The van der Waals surface area contributed by atoms with Gasteiger partial charge in [-0.2, -0.15) is 0 Å². The third-order valence-corrected chi connectivity index (χ3v) is 4.81. The van der Waals surface area contributed by atoms with Crippen LogP contribution in [-0.2, 0) is 11.3 Å². The number of halogens is 1. The molecule has 2 heterocycles. The summed E-state index contributed by atoms with van der Waals surface area (Å²) in [6.07, 6.45) is 5.12. The van der Waals surface area contributed by atoms with Crippen molar-refractivity contribution in [1.29, 1.82) is 0 Å². The molecular weight excluding hydrogens is 340 g/mol. The summed E-state index contributed by atoms with van der Waals surface area (Å²) < 4.78 is 5.18. The van der Waals surface area contributed by atoms with Crippen LogP contribution in [0.1, 0.15) is 30.0 Å². The predicted molar refractivity (Wildman–Crippen MR) is 96.8 cm³/mol. The summed E-state index contributed by atoms with van der Waals surface area (Å²) in [4.78, 5) is 22.7. The lowest BCUT2D eigenvalue weighted by atomic mass is 9.93. The van der Waals surface area contributed by atoms with Crippen LogP contribution in [0.4, 0.5) is 10.5 Å². The van der Waals surface area contributed by atoms with E-state index in [1.54, 1.807) is 25.7 Å². The maximum absolute atomic E-state index is 12.6. The highest BCUT2D eigenvalue weighted by molar-refractivity contribution is 6.31. The number of methoxy groups -OCH3 is 1. The molecule has 2 aromatic rings. The molecule has 0 bridgehead atoms. The SMILES string of the molecule is COCc1c(Cl)cccc1NC(=O)N1CCC(c2ccncn2)CC1. The highest BCUT2D eigenvalue weighted by Crippen LogP contribution is 2.28. The van der Waals surface area contributed by atoms with Gasteiger partial charge in [-0.25, -0.2) is 14.8 Å². The van der Waals surface area contributed by atoms with Crippen LogP contribution in [0.5, 0.6) is 0 Å². The summed E-state index contributed by atoms with van der Waals surface area (Å²) >= 11 is 6.21. The van der Waals surface area contributed by atoms with Crippen LogP contribution >= 0.6 is 11.6 Å². The first-order valence-corrected chi connectivity index (χ1v) is 8.65. The fourth-order valence-corrected chi connectivity index (χ4v) is 3.31. The molecule has 3 rings (SSSR count). The van der Waals surface area contributed by atoms with Crippen molar-refractivity contribution in [3.8, 4) is 0 Å². The number of aromatic nitrogens is 2. The molecule has 1 fully saturated rings. The lowest BCUT2D eigenvalue weighted by Crippen LogP contribution is -2.40. The number of likely N-dealkylation sites (tertiary alicyclic amines) is 1. The van der Waals surface area contributed by atoms with Gasteiger partial charge < -0.3 is 15.0 Å². The normalized spacial score (nSPS) is 15.2. The van der Waals surface area contributed by atoms with Crippen molar-refractivity contribution in [3.05, 3.63) is 53.1 Å². The largest absolute Gasteiger partial charge is 0.380 e. The first-order chi connectivity index (χ1) is 12.2.